The standard InChI is InChI=1S/C15H21NO2S/c1-12-3-2-4-13(9-12)10-19-11-15(18)16(7-8-17)14-5-6-14/h2-4,9,14,17H,5-8,10-11H2,1H3. The van der Waals surface area contributed by atoms with E-state index in [0.29, 0.717) is 18.3 Å². The maximum absolute atomic E-state index is 12.1. The first kappa shape index (κ1) is 14.4. The van der Waals surface area contributed by atoms with E-state index in [2.05, 4.69) is 31.2 Å². The largest absolute Gasteiger partial charge is 0.395 e. The highest BCUT2D eigenvalue weighted by Crippen LogP contribution is 2.27. The summed E-state index contributed by atoms with van der Waals surface area (Å²) in [5.74, 6) is 1.53. The van der Waals surface area contributed by atoms with E-state index < -0.39 is 0 Å². The van der Waals surface area contributed by atoms with Crippen molar-refractivity contribution in [3.8, 4) is 0 Å². The van der Waals surface area contributed by atoms with Gasteiger partial charge in [-0.2, -0.15) is 0 Å². The van der Waals surface area contributed by atoms with Crippen molar-refractivity contribution in [1.82, 2.24) is 4.90 Å². The van der Waals surface area contributed by atoms with Crippen molar-refractivity contribution in [2.75, 3.05) is 18.9 Å². The highest BCUT2D eigenvalue weighted by Gasteiger charge is 2.31. The molecule has 1 saturated carbocycles. The number of benzene rings is 1. The monoisotopic (exact) mass is 279 g/mol. The van der Waals surface area contributed by atoms with Crippen LogP contribution in [0.5, 0.6) is 0 Å². The van der Waals surface area contributed by atoms with Crippen LogP contribution < -0.4 is 0 Å². The molecule has 19 heavy (non-hydrogen) atoms. The minimum Gasteiger partial charge on any atom is -0.395 e. The number of hydrogen-bond donors (Lipinski definition) is 1. The Morgan fingerprint density at radius 3 is 2.89 bits per heavy atom. The molecule has 1 fully saturated rings. The topological polar surface area (TPSA) is 40.5 Å². The molecule has 1 aliphatic rings. The summed E-state index contributed by atoms with van der Waals surface area (Å²) in [7, 11) is 0. The van der Waals surface area contributed by atoms with Gasteiger partial charge in [0.25, 0.3) is 0 Å². The lowest BCUT2D eigenvalue weighted by atomic mass is 10.2. The Balaban J connectivity index is 1.76. The third-order valence-electron chi connectivity index (χ3n) is 3.23. The van der Waals surface area contributed by atoms with Gasteiger partial charge in [-0.3, -0.25) is 4.79 Å². The van der Waals surface area contributed by atoms with Crippen LogP contribution in [0.3, 0.4) is 0 Å². The van der Waals surface area contributed by atoms with Crippen LogP contribution in [0.1, 0.15) is 24.0 Å². The minimum absolute atomic E-state index is 0.0603. The molecule has 0 spiro atoms. The molecule has 1 N–H and O–H groups in total. The molecule has 1 aromatic rings. The maximum atomic E-state index is 12.1. The number of hydrogen-bond acceptors (Lipinski definition) is 3. The van der Waals surface area contributed by atoms with Gasteiger partial charge in [-0.25, -0.2) is 0 Å². The first-order valence-electron chi connectivity index (χ1n) is 6.74. The van der Waals surface area contributed by atoms with Crippen LogP contribution in [0.4, 0.5) is 0 Å². The number of carbonyl (C=O) groups excluding carboxylic acids is 1. The van der Waals surface area contributed by atoms with Crippen LogP contribution >= 0.6 is 11.8 Å². The molecule has 2 rings (SSSR count). The van der Waals surface area contributed by atoms with Gasteiger partial charge in [0.1, 0.15) is 0 Å². The Hall–Kier alpha value is -1.00. The summed E-state index contributed by atoms with van der Waals surface area (Å²) in [6.45, 7) is 2.62. The molecule has 1 aliphatic carbocycles. The third kappa shape index (κ3) is 4.55. The second-order valence-corrected chi connectivity index (χ2v) is 6.01. The lowest BCUT2D eigenvalue weighted by Crippen LogP contribution is -2.36. The van der Waals surface area contributed by atoms with Crippen molar-refractivity contribution in [3.05, 3.63) is 35.4 Å². The summed E-state index contributed by atoms with van der Waals surface area (Å²) in [6.07, 6.45) is 2.18. The Morgan fingerprint density at radius 2 is 2.26 bits per heavy atom. The number of nitrogens with zero attached hydrogens (tertiary/aromatic N) is 1. The Kier molecular flexibility index (Phi) is 5.28. The van der Waals surface area contributed by atoms with Gasteiger partial charge < -0.3 is 10.0 Å². The van der Waals surface area contributed by atoms with Crippen LogP contribution in [-0.4, -0.2) is 40.9 Å². The molecule has 0 aromatic heterocycles. The van der Waals surface area contributed by atoms with Crippen LogP contribution in [0, 0.1) is 6.92 Å². The van der Waals surface area contributed by atoms with Gasteiger partial charge >= 0.3 is 0 Å². The van der Waals surface area contributed by atoms with Crippen LogP contribution in [0.15, 0.2) is 24.3 Å². The molecule has 0 radical (unpaired) electrons. The molecule has 0 heterocycles. The summed E-state index contributed by atoms with van der Waals surface area (Å²) >= 11 is 1.65. The van der Waals surface area contributed by atoms with Crippen LogP contribution in [0.2, 0.25) is 0 Å². The van der Waals surface area contributed by atoms with E-state index in [-0.39, 0.29) is 12.5 Å². The van der Waals surface area contributed by atoms with Crippen molar-refractivity contribution >= 4 is 17.7 Å². The van der Waals surface area contributed by atoms with Gasteiger partial charge in [-0.1, -0.05) is 29.8 Å². The minimum atomic E-state index is 0.0603. The molecule has 0 aliphatic heterocycles. The Bertz CT molecular complexity index is 432. The van der Waals surface area contributed by atoms with Gasteiger partial charge in [0.05, 0.1) is 12.4 Å². The fourth-order valence-electron chi connectivity index (χ4n) is 2.15. The second kappa shape index (κ2) is 6.96. The average molecular weight is 279 g/mol. The predicted molar refractivity (Wildman–Crippen MR) is 79.2 cm³/mol. The molecular formula is C15H21NO2S. The number of carbonyl (C=O) groups is 1. The zero-order valence-corrected chi connectivity index (χ0v) is 12.2. The van der Waals surface area contributed by atoms with E-state index in [1.54, 1.807) is 11.8 Å². The summed E-state index contributed by atoms with van der Waals surface area (Å²) in [6, 6.07) is 8.77. The molecule has 0 bridgehead atoms. The molecule has 1 aromatic carbocycles. The zero-order chi connectivity index (χ0) is 13.7. The number of aliphatic hydroxyl groups excluding tert-OH is 1. The number of thioether (sulfide) groups is 1. The lowest BCUT2D eigenvalue weighted by Gasteiger charge is -2.21. The number of aliphatic hydroxyl groups is 1. The van der Waals surface area contributed by atoms with Crippen molar-refractivity contribution in [1.29, 1.82) is 0 Å². The molecule has 4 heteroatoms. The smallest absolute Gasteiger partial charge is 0.232 e. The number of amides is 1. The fraction of sp³-hybridized carbons (Fsp3) is 0.533. The zero-order valence-electron chi connectivity index (χ0n) is 11.3. The number of aryl methyl sites for hydroxylation is 1. The van der Waals surface area contributed by atoms with E-state index in [0.717, 1.165) is 18.6 Å². The molecule has 104 valence electrons. The van der Waals surface area contributed by atoms with Crippen LogP contribution in [-0.2, 0) is 10.5 Å². The van der Waals surface area contributed by atoms with Gasteiger partial charge in [0.2, 0.25) is 5.91 Å². The first-order valence-corrected chi connectivity index (χ1v) is 7.90. The third-order valence-corrected chi connectivity index (χ3v) is 4.21. The van der Waals surface area contributed by atoms with E-state index in [4.69, 9.17) is 5.11 Å². The quantitative estimate of drug-likeness (QED) is 0.832. The van der Waals surface area contributed by atoms with Crippen molar-refractivity contribution in [2.45, 2.75) is 31.6 Å². The summed E-state index contributed by atoms with van der Waals surface area (Å²) in [4.78, 5) is 13.9. The first-order chi connectivity index (χ1) is 9.20. The van der Waals surface area contributed by atoms with E-state index in [1.807, 2.05) is 4.90 Å². The lowest BCUT2D eigenvalue weighted by molar-refractivity contribution is -0.129. The van der Waals surface area contributed by atoms with E-state index >= 15 is 0 Å². The number of rotatable bonds is 7. The van der Waals surface area contributed by atoms with Gasteiger partial charge in [-0.05, 0) is 25.3 Å². The average Bonchev–Trinajstić information content (AvgIpc) is 3.20. The maximum Gasteiger partial charge on any atom is 0.232 e. The van der Waals surface area contributed by atoms with E-state index in [9.17, 15) is 4.79 Å². The Morgan fingerprint density at radius 1 is 1.47 bits per heavy atom. The van der Waals surface area contributed by atoms with Crippen molar-refractivity contribution in [3.63, 3.8) is 0 Å². The van der Waals surface area contributed by atoms with Crippen molar-refractivity contribution < 1.29 is 9.90 Å². The molecule has 0 atom stereocenters. The fourth-order valence-corrected chi connectivity index (χ4v) is 3.00. The summed E-state index contributed by atoms with van der Waals surface area (Å²) < 4.78 is 0. The summed E-state index contributed by atoms with van der Waals surface area (Å²) in [5, 5.41) is 9.00. The normalized spacial score (nSPS) is 14.4. The highest BCUT2D eigenvalue weighted by molar-refractivity contribution is 7.99. The predicted octanol–water partition coefficient (Wildman–Crippen LogP) is 2.21. The Labute approximate surface area is 119 Å². The van der Waals surface area contributed by atoms with Crippen molar-refractivity contribution in [2.24, 2.45) is 0 Å². The molecule has 3 nitrogen and oxygen atoms in total. The molecule has 0 saturated heterocycles. The van der Waals surface area contributed by atoms with Crippen LogP contribution in [0.25, 0.3) is 0 Å². The molecule has 1 amide bonds. The molecular weight excluding hydrogens is 258 g/mol. The highest BCUT2D eigenvalue weighted by atomic mass is 32.2. The van der Waals surface area contributed by atoms with Gasteiger partial charge in [0, 0.05) is 18.3 Å². The van der Waals surface area contributed by atoms with Gasteiger partial charge in [-0.15, -0.1) is 11.8 Å². The molecule has 0 unspecified atom stereocenters. The van der Waals surface area contributed by atoms with E-state index in [1.165, 1.54) is 11.1 Å². The SMILES string of the molecule is Cc1cccc(CSCC(=O)N(CCO)C2CC2)c1. The van der Waals surface area contributed by atoms with Gasteiger partial charge in [0.15, 0.2) is 0 Å². The summed E-state index contributed by atoms with van der Waals surface area (Å²) in [5.41, 5.74) is 2.52. The second-order valence-electron chi connectivity index (χ2n) is 5.02.